The molecule has 0 aromatic heterocycles. The summed E-state index contributed by atoms with van der Waals surface area (Å²) in [7, 11) is 0. The van der Waals surface area contributed by atoms with Crippen LogP contribution >= 0.6 is 0 Å². The van der Waals surface area contributed by atoms with Crippen LogP contribution in [0.1, 0.15) is 146 Å². The zero-order valence-electron chi connectivity index (χ0n) is 25.1. The van der Waals surface area contributed by atoms with Crippen molar-refractivity contribution in [2.75, 3.05) is 0 Å². The third-order valence-electron chi connectivity index (χ3n) is 7.50. The fourth-order valence-corrected chi connectivity index (χ4v) is 6.15. The van der Waals surface area contributed by atoms with E-state index in [4.69, 9.17) is 0 Å². The van der Waals surface area contributed by atoms with Crippen LogP contribution in [0.15, 0.2) is 6.07 Å². The summed E-state index contributed by atoms with van der Waals surface area (Å²) in [6.07, 6.45) is 8.51. The van der Waals surface area contributed by atoms with Gasteiger partial charge >= 0.3 is 0 Å². The summed E-state index contributed by atoms with van der Waals surface area (Å²) in [5.74, 6) is 0.756. The first-order chi connectivity index (χ1) is 16.9. The van der Waals surface area contributed by atoms with Gasteiger partial charge in [0.1, 0.15) is 11.6 Å². The Morgan fingerprint density at radius 1 is 1.03 bits per heavy atom. The number of carbonyl (C=O) groups is 3. The molecule has 0 saturated heterocycles. The third-order valence-corrected chi connectivity index (χ3v) is 7.50. The maximum Gasteiger partial charge on any atom is 0.163 e. The van der Waals surface area contributed by atoms with Crippen LogP contribution in [-0.2, 0) is 27.8 Å². The molecule has 1 aromatic rings. The molecule has 36 heavy (non-hydrogen) atoms. The standard InChI is InChI=1S/C30H46O3.C3H8/c1-9-12-22(24(11-3)27(32)14-19(4)31)15-21-16-25-23(13-10-2)18-26(30(6,7)8)20(5)29(25)28(33)17-21;1-3-2/h18,21-22,24H,9-17H2,1-8H3;3H2,1-2H3. The number of fused-ring (bicyclic) bond motifs is 1. The Balaban J connectivity index is 0.00000205. The SMILES string of the molecule is CCC.CCCc1cc(C(C)(C)C)c(C)c2c1CC(CC(CCC)C(CC)C(=O)CC(C)=O)CC2=O. The van der Waals surface area contributed by atoms with Gasteiger partial charge in [0.2, 0.25) is 0 Å². The monoisotopic (exact) mass is 498 g/mol. The predicted molar refractivity (Wildman–Crippen MR) is 153 cm³/mol. The largest absolute Gasteiger partial charge is 0.300 e. The van der Waals surface area contributed by atoms with E-state index in [2.05, 4.69) is 68.4 Å². The first kappa shape index (κ1) is 32.3. The highest BCUT2D eigenvalue weighted by Gasteiger charge is 2.35. The van der Waals surface area contributed by atoms with Crippen LogP contribution in [0, 0.1) is 24.7 Å². The molecule has 0 spiro atoms. The molecule has 3 heteroatoms. The van der Waals surface area contributed by atoms with Crippen molar-refractivity contribution in [2.24, 2.45) is 17.8 Å². The summed E-state index contributed by atoms with van der Waals surface area (Å²) >= 11 is 0. The highest BCUT2D eigenvalue weighted by atomic mass is 16.1. The van der Waals surface area contributed by atoms with Crippen molar-refractivity contribution in [2.45, 2.75) is 139 Å². The van der Waals surface area contributed by atoms with Gasteiger partial charge in [-0.3, -0.25) is 14.4 Å². The zero-order valence-corrected chi connectivity index (χ0v) is 25.1. The van der Waals surface area contributed by atoms with Crippen molar-refractivity contribution in [1.82, 2.24) is 0 Å². The molecule has 0 N–H and O–H groups in total. The second kappa shape index (κ2) is 14.8. The molecule has 1 aromatic carbocycles. The number of hydrogen-bond donors (Lipinski definition) is 0. The summed E-state index contributed by atoms with van der Waals surface area (Å²) < 4.78 is 0. The first-order valence-corrected chi connectivity index (χ1v) is 14.6. The number of carbonyl (C=O) groups excluding carboxylic acids is 3. The van der Waals surface area contributed by atoms with Gasteiger partial charge in [-0.2, -0.15) is 0 Å². The van der Waals surface area contributed by atoms with Crippen LogP contribution in [0.5, 0.6) is 0 Å². The number of aryl methyl sites for hydroxylation is 1. The van der Waals surface area contributed by atoms with Crippen molar-refractivity contribution in [1.29, 1.82) is 0 Å². The molecule has 1 aliphatic carbocycles. The van der Waals surface area contributed by atoms with Crippen LogP contribution in [-0.4, -0.2) is 17.3 Å². The van der Waals surface area contributed by atoms with Crippen molar-refractivity contribution >= 4 is 17.3 Å². The van der Waals surface area contributed by atoms with Crippen molar-refractivity contribution in [3.8, 4) is 0 Å². The van der Waals surface area contributed by atoms with Gasteiger partial charge in [0.15, 0.2) is 5.78 Å². The van der Waals surface area contributed by atoms with Gasteiger partial charge in [-0.1, -0.05) is 87.1 Å². The van der Waals surface area contributed by atoms with E-state index in [0.717, 1.165) is 56.1 Å². The molecule has 3 unspecified atom stereocenters. The minimum atomic E-state index is -0.0783. The highest BCUT2D eigenvalue weighted by Crippen LogP contribution is 2.40. The van der Waals surface area contributed by atoms with Gasteiger partial charge in [0, 0.05) is 17.9 Å². The van der Waals surface area contributed by atoms with E-state index in [1.54, 1.807) is 0 Å². The Kier molecular flexibility index (Phi) is 13.3. The number of Topliss-reactive ketones (excluding diaryl/α,β-unsaturated/α-hetero) is 3. The number of rotatable bonds is 11. The van der Waals surface area contributed by atoms with Crippen molar-refractivity contribution < 1.29 is 14.4 Å². The van der Waals surface area contributed by atoms with Crippen LogP contribution in [0.25, 0.3) is 0 Å². The molecular weight excluding hydrogens is 444 g/mol. The van der Waals surface area contributed by atoms with Gasteiger partial charge in [-0.25, -0.2) is 0 Å². The average Bonchev–Trinajstić information content (AvgIpc) is 2.75. The molecular formula is C33H54O3. The Morgan fingerprint density at radius 2 is 1.64 bits per heavy atom. The van der Waals surface area contributed by atoms with E-state index in [1.807, 2.05) is 0 Å². The molecule has 0 heterocycles. The lowest BCUT2D eigenvalue weighted by Crippen LogP contribution is -2.31. The maximum absolute atomic E-state index is 13.5. The third kappa shape index (κ3) is 8.67. The van der Waals surface area contributed by atoms with E-state index >= 15 is 0 Å². The van der Waals surface area contributed by atoms with Crippen LogP contribution in [0.4, 0.5) is 0 Å². The summed E-state index contributed by atoms with van der Waals surface area (Å²) in [6.45, 7) is 21.0. The molecule has 0 aliphatic heterocycles. The van der Waals surface area contributed by atoms with Gasteiger partial charge < -0.3 is 0 Å². The molecule has 0 saturated carbocycles. The smallest absolute Gasteiger partial charge is 0.163 e. The minimum absolute atomic E-state index is 0.0103. The van der Waals surface area contributed by atoms with Gasteiger partial charge in [0.25, 0.3) is 0 Å². The fraction of sp³-hybridized carbons (Fsp3) is 0.727. The Bertz CT molecular complexity index is 887. The van der Waals surface area contributed by atoms with E-state index in [0.29, 0.717) is 6.42 Å². The molecule has 3 atom stereocenters. The summed E-state index contributed by atoms with van der Waals surface area (Å²) in [5, 5.41) is 0. The highest BCUT2D eigenvalue weighted by molar-refractivity contribution is 6.01. The topological polar surface area (TPSA) is 51.2 Å². The summed E-state index contributed by atoms with van der Waals surface area (Å²) in [5.41, 5.74) is 6.05. The first-order valence-electron chi connectivity index (χ1n) is 14.6. The van der Waals surface area contributed by atoms with E-state index in [9.17, 15) is 14.4 Å². The Morgan fingerprint density at radius 3 is 2.11 bits per heavy atom. The van der Waals surface area contributed by atoms with Crippen LogP contribution < -0.4 is 0 Å². The normalized spacial score (nSPS) is 17.1. The van der Waals surface area contributed by atoms with Crippen LogP contribution in [0.3, 0.4) is 0 Å². The minimum Gasteiger partial charge on any atom is -0.300 e. The molecule has 0 radical (unpaired) electrons. The Hall–Kier alpha value is -1.77. The number of ketones is 3. The fourth-order valence-electron chi connectivity index (χ4n) is 6.15. The molecule has 0 bridgehead atoms. The second-order valence-electron chi connectivity index (χ2n) is 12.1. The lowest BCUT2D eigenvalue weighted by molar-refractivity contribution is -0.129. The van der Waals surface area contributed by atoms with Crippen molar-refractivity contribution in [3.05, 3.63) is 33.9 Å². The van der Waals surface area contributed by atoms with Gasteiger partial charge in [0.05, 0.1) is 6.42 Å². The summed E-state index contributed by atoms with van der Waals surface area (Å²) in [4.78, 5) is 37.9. The van der Waals surface area contributed by atoms with E-state index in [-0.39, 0.29) is 46.9 Å². The number of benzene rings is 1. The lowest BCUT2D eigenvalue weighted by Gasteiger charge is -2.34. The molecule has 0 amide bonds. The average molecular weight is 499 g/mol. The second-order valence-corrected chi connectivity index (χ2v) is 12.1. The van der Waals surface area contributed by atoms with Crippen LogP contribution in [0.2, 0.25) is 0 Å². The van der Waals surface area contributed by atoms with E-state index in [1.165, 1.54) is 30.0 Å². The Labute approximate surface area is 222 Å². The molecule has 0 fully saturated rings. The van der Waals surface area contributed by atoms with Gasteiger partial charge in [-0.05, 0) is 79.0 Å². The molecule has 3 nitrogen and oxygen atoms in total. The summed E-state index contributed by atoms with van der Waals surface area (Å²) in [6, 6.07) is 2.36. The predicted octanol–water partition coefficient (Wildman–Crippen LogP) is 8.79. The molecule has 1 aliphatic rings. The lowest BCUT2D eigenvalue weighted by atomic mass is 9.69. The van der Waals surface area contributed by atoms with E-state index < -0.39 is 0 Å². The maximum atomic E-state index is 13.5. The van der Waals surface area contributed by atoms with Crippen molar-refractivity contribution in [3.63, 3.8) is 0 Å². The zero-order chi connectivity index (χ0) is 27.6. The number of hydrogen-bond acceptors (Lipinski definition) is 3. The van der Waals surface area contributed by atoms with Gasteiger partial charge in [-0.15, -0.1) is 0 Å². The quantitative estimate of drug-likeness (QED) is 0.286. The molecule has 2 rings (SSSR count). The molecule has 204 valence electrons.